The molecule has 0 radical (unpaired) electrons. The standard InChI is InChI=1S/C23H22FN7O/c24-17-8-6-16(7-9-17)20-26-19-21(30-29-20)27-23(25-14-15-4-2-1-3-5-15)28-22(19)31-12-10-18(32)11-13-31/h1-9,18,32H,10-14H2,(H,25,27,28,30). The maximum Gasteiger partial charge on any atom is 0.227 e. The van der Waals surface area contributed by atoms with Crippen LogP contribution in [-0.4, -0.2) is 49.4 Å². The number of rotatable bonds is 5. The fourth-order valence-corrected chi connectivity index (χ4v) is 3.70. The molecule has 1 saturated heterocycles. The topological polar surface area (TPSA) is 100.0 Å². The van der Waals surface area contributed by atoms with Crippen LogP contribution in [0.1, 0.15) is 18.4 Å². The number of fused-ring (bicyclic) bond motifs is 1. The Bertz CT molecular complexity index is 1210. The number of nitrogens with zero attached hydrogens (tertiary/aromatic N) is 6. The normalized spacial score (nSPS) is 14.6. The minimum atomic E-state index is -0.326. The van der Waals surface area contributed by atoms with Crippen molar-refractivity contribution in [2.45, 2.75) is 25.5 Å². The molecule has 1 aliphatic heterocycles. The molecule has 8 nitrogen and oxygen atoms in total. The van der Waals surface area contributed by atoms with E-state index in [2.05, 4.69) is 30.4 Å². The molecule has 32 heavy (non-hydrogen) atoms. The van der Waals surface area contributed by atoms with Crippen molar-refractivity contribution in [1.29, 1.82) is 0 Å². The number of anilines is 2. The molecule has 9 heteroatoms. The highest BCUT2D eigenvalue weighted by Gasteiger charge is 2.23. The SMILES string of the molecule is OC1CCN(c2nc(NCc3ccccc3)nc3nnc(-c4ccc(F)cc4)nc23)CC1. The largest absolute Gasteiger partial charge is 0.393 e. The van der Waals surface area contributed by atoms with E-state index in [4.69, 9.17) is 4.98 Å². The summed E-state index contributed by atoms with van der Waals surface area (Å²) in [7, 11) is 0. The Balaban J connectivity index is 1.53. The van der Waals surface area contributed by atoms with Crippen molar-refractivity contribution in [3.05, 3.63) is 66.0 Å². The summed E-state index contributed by atoms with van der Waals surface area (Å²) in [5.74, 6) is 1.14. The number of halogens is 1. The smallest absolute Gasteiger partial charge is 0.227 e. The Morgan fingerprint density at radius 3 is 2.44 bits per heavy atom. The van der Waals surface area contributed by atoms with E-state index in [-0.39, 0.29) is 11.9 Å². The highest BCUT2D eigenvalue weighted by molar-refractivity contribution is 5.85. The highest BCUT2D eigenvalue weighted by Crippen LogP contribution is 2.27. The lowest BCUT2D eigenvalue weighted by Gasteiger charge is -2.30. The first-order chi connectivity index (χ1) is 15.7. The van der Waals surface area contributed by atoms with Crippen LogP contribution in [-0.2, 0) is 6.54 Å². The third-order valence-corrected chi connectivity index (χ3v) is 5.46. The molecule has 0 aliphatic carbocycles. The van der Waals surface area contributed by atoms with Gasteiger partial charge in [-0.3, -0.25) is 0 Å². The fraction of sp³-hybridized carbons (Fsp3) is 0.261. The molecule has 0 atom stereocenters. The number of aliphatic hydroxyl groups is 1. The zero-order valence-corrected chi connectivity index (χ0v) is 17.3. The average molecular weight is 431 g/mol. The van der Waals surface area contributed by atoms with Gasteiger partial charge in [0.05, 0.1) is 6.10 Å². The summed E-state index contributed by atoms with van der Waals surface area (Å²) < 4.78 is 13.3. The Hall–Kier alpha value is -3.72. The quantitative estimate of drug-likeness (QED) is 0.497. The van der Waals surface area contributed by atoms with Gasteiger partial charge in [0.1, 0.15) is 5.82 Å². The van der Waals surface area contributed by atoms with E-state index in [1.54, 1.807) is 12.1 Å². The second-order valence-corrected chi connectivity index (χ2v) is 7.74. The molecule has 0 amide bonds. The number of benzene rings is 2. The monoisotopic (exact) mass is 431 g/mol. The van der Waals surface area contributed by atoms with Gasteiger partial charge in [0.25, 0.3) is 0 Å². The van der Waals surface area contributed by atoms with Gasteiger partial charge in [-0.05, 0) is 42.7 Å². The first kappa shape index (κ1) is 20.2. The Kier molecular flexibility index (Phi) is 5.55. The van der Waals surface area contributed by atoms with Crippen LogP contribution >= 0.6 is 0 Å². The van der Waals surface area contributed by atoms with Crippen molar-refractivity contribution in [2.24, 2.45) is 0 Å². The molecule has 0 bridgehead atoms. The van der Waals surface area contributed by atoms with E-state index in [1.165, 1.54) is 12.1 Å². The molecule has 1 fully saturated rings. The molecular weight excluding hydrogens is 409 g/mol. The van der Waals surface area contributed by atoms with E-state index in [9.17, 15) is 9.50 Å². The van der Waals surface area contributed by atoms with E-state index in [0.29, 0.717) is 66.8 Å². The van der Waals surface area contributed by atoms with Gasteiger partial charge in [-0.1, -0.05) is 30.3 Å². The maximum atomic E-state index is 13.3. The van der Waals surface area contributed by atoms with Crippen LogP contribution < -0.4 is 10.2 Å². The molecule has 0 unspecified atom stereocenters. The summed E-state index contributed by atoms with van der Waals surface area (Å²) in [6, 6.07) is 15.9. The Labute approximate surface area is 184 Å². The van der Waals surface area contributed by atoms with Gasteiger partial charge >= 0.3 is 0 Å². The van der Waals surface area contributed by atoms with Gasteiger partial charge < -0.3 is 15.3 Å². The molecule has 3 heterocycles. The molecular formula is C23H22FN7O. The maximum absolute atomic E-state index is 13.3. The highest BCUT2D eigenvalue weighted by atomic mass is 19.1. The molecule has 2 N–H and O–H groups in total. The van der Waals surface area contributed by atoms with Crippen LogP contribution in [0, 0.1) is 5.82 Å². The summed E-state index contributed by atoms with van der Waals surface area (Å²) in [5, 5.41) is 21.7. The predicted molar refractivity (Wildman–Crippen MR) is 120 cm³/mol. The molecule has 162 valence electrons. The summed E-state index contributed by atoms with van der Waals surface area (Å²) in [6.45, 7) is 1.88. The number of nitrogens with one attached hydrogen (secondary N) is 1. The minimum Gasteiger partial charge on any atom is -0.393 e. The van der Waals surface area contributed by atoms with Crippen molar-refractivity contribution < 1.29 is 9.50 Å². The van der Waals surface area contributed by atoms with Crippen molar-refractivity contribution in [1.82, 2.24) is 25.1 Å². The molecule has 0 saturated carbocycles. The van der Waals surface area contributed by atoms with Crippen LogP contribution in [0.25, 0.3) is 22.6 Å². The van der Waals surface area contributed by atoms with Crippen molar-refractivity contribution in [2.75, 3.05) is 23.3 Å². The van der Waals surface area contributed by atoms with Gasteiger partial charge in [-0.25, -0.2) is 9.37 Å². The van der Waals surface area contributed by atoms with Crippen LogP contribution in [0.15, 0.2) is 54.6 Å². The Morgan fingerprint density at radius 1 is 0.938 bits per heavy atom. The van der Waals surface area contributed by atoms with E-state index < -0.39 is 0 Å². The Morgan fingerprint density at radius 2 is 1.69 bits per heavy atom. The second kappa shape index (κ2) is 8.80. The third-order valence-electron chi connectivity index (χ3n) is 5.46. The minimum absolute atomic E-state index is 0.308. The summed E-state index contributed by atoms with van der Waals surface area (Å²) >= 11 is 0. The van der Waals surface area contributed by atoms with Crippen LogP contribution in [0.2, 0.25) is 0 Å². The van der Waals surface area contributed by atoms with Gasteiger partial charge in [-0.15, -0.1) is 10.2 Å². The summed E-state index contributed by atoms with van der Waals surface area (Å²) in [6.07, 6.45) is 1.00. The lowest BCUT2D eigenvalue weighted by molar-refractivity contribution is 0.145. The fourth-order valence-electron chi connectivity index (χ4n) is 3.70. The molecule has 1 aliphatic rings. The first-order valence-corrected chi connectivity index (χ1v) is 10.5. The zero-order valence-electron chi connectivity index (χ0n) is 17.3. The van der Waals surface area contributed by atoms with Crippen molar-refractivity contribution >= 4 is 22.9 Å². The van der Waals surface area contributed by atoms with Gasteiger partial charge in [-0.2, -0.15) is 9.97 Å². The number of hydrogen-bond acceptors (Lipinski definition) is 8. The number of hydrogen-bond donors (Lipinski definition) is 2. The third kappa shape index (κ3) is 4.33. The van der Waals surface area contributed by atoms with E-state index >= 15 is 0 Å². The lowest BCUT2D eigenvalue weighted by Crippen LogP contribution is -2.36. The van der Waals surface area contributed by atoms with Gasteiger partial charge in [0.2, 0.25) is 11.6 Å². The molecule has 2 aromatic heterocycles. The van der Waals surface area contributed by atoms with E-state index in [0.717, 1.165) is 5.56 Å². The number of aliphatic hydroxyl groups excluding tert-OH is 1. The van der Waals surface area contributed by atoms with Gasteiger partial charge in [0, 0.05) is 25.2 Å². The van der Waals surface area contributed by atoms with Crippen molar-refractivity contribution in [3.8, 4) is 11.4 Å². The molecule has 0 spiro atoms. The number of aromatic nitrogens is 5. The number of piperidine rings is 1. The van der Waals surface area contributed by atoms with Gasteiger partial charge in [0.15, 0.2) is 17.2 Å². The van der Waals surface area contributed by atoms with Crippen LogP contribution in [0.5, 0.6) is 0 Å². The first-order valence-electron chi connectivity index (χ1n) is 10.5. The predicted octanol–water partition coefficient (Wildman–Crippen LogP) is 3.19. The lowest BCUT2D eigenvalue weighted by atomic mass is 10.1. The summed E-state index contributed by atoms with van der Waals surface area (Å²) in [5.41, 5.74) is 2.67. The van der Waals surface area contributed by atoms with Crippen LogP contribution in [0.3, 0.4) is 0 Å². The van der Waals surface area contributed by atoms with Crippen molar-refractivity contribution in [3.63, 3.8) is 0 Å². The molecule has 5 rings (SSSR count). The van der Waals surface area contributed by atoms with E-state index in [1.807, 2.05) is 30.3 Å². The summed E-state index contributed by atoms with van der Waals surface area (Å²) in [4.78, 5) is 16.0. The molecule has 4 aromatic rings. The van der Waals surface area contributed by atoms with Crippen LogP contribution in [0.4, 0.5) is 16.2 Å². The molecule has 2 aromatic carbocycles. The zero-order chi connectivity index (χ0) is 21.9. The average Bonchev–Trinajstić information content (AvgIpc) is 2.84. The second-order valence-electron chi connectivity index (χ2n) is 7.74.